The number of nitrogens with one attached hydrogen (secondary N) is 1. The first-order chi connectivity index (χ1) is 8.60. The fourth-order valence-electron chi connectivity index (χ4n) is 1.59. The Labute approximate surface area is 106 Å². The van der Waals surface area contributed by atoms with Crippen LogP contribution in [0.3, 0.4) is 0 Å². The van der Waals surface area contributed by atoms with Crippen molar-refractivity contribution in [3.8, 4) is 5.75 Å². The maximum absolute atomic E-state index is 10.8. The second-order valence-electron chi connectivity index (χ2n) is 3.89. The van der Waals surface area contributed by atoms with Gasteiger partial charge in [-0.15, -0.1) is 0 Å². The van der Waals surface area contributed by atoms with Crippen LogP contribution in [0.2, 0.25) is 0 Å². The first-order valence-corrected chi connectivity index (χ1v) is 5.99. The number of hydrogen-bond acceptors (Lipinski definition) is 5. The molecule has 1 unspecified atom stereocenters. The summed E-state index contributed by atoms with van der Waals surface area (Å²) in [5, 5.41) is 14.0. The summed E-state index contributed by atoms with van der Waals surface area (Å²) in [7, 11) is 0. The highest BCUT2D eigenvalue weighted by molar-refractivity contribution is 5.56. The molecular formula is C12H19N3O3. The molecule has 6 nitrogen and oxygen atoms in total. The third kappa shape index (κ3) is 3.89. The minimum atomic E-state index is -0.433. The van der Waals surface area contributed by atoms with Crippen molar-refractivity contribution in [2.75, 3.05) is 18.5 Å². The largest absolute Gasteiger partial charge is 0.494 e. The molecule has 100 valence electrons. The Kier molecular flexibility index (Phi) is 5.38. The third-order valence-electron chi connectivity index (χ3n) is 2.56. The summed E-state index contributed by atoms with van der Waals surface area (Å²) in [5.41, 5.74) is 6.27. The summed E-state index contributed by atoms with van der Waals surface area (Å²) in [5.74, 6) is 0.487. The summed E-state index contributed by atoms with van der Waals surface area (Å²) >= 11 is 0. The van der Waals surface area contributed by atoms with Gasteiger partial charge in [0.1, 0.15) is 5.75 Å². The van der Waals surface area contributed by atoms with Gasteiger partial charge in [-0.3, -0.25) is 10.1 Å². The Hall–Kier alpha value is -1.82. The van der Waals surface area contributed by atoms with E-state index >= 15 is 0 Å². The number of anilines is 1. The van der Waals surface area contributed by atoms with Gasteiger partial charge >= 0.3 is 0 Å². The lowest BCUT2D eigenvalue weighted by atomic mass is 10.2. The van der Waals surface area contributed by atoms with Crippen LogP contribution in [0.15, 0.2) is 18.2 Å². The van der Waals surface area contributed by atoms with Crippen LogP contribution in [0, 0.1) is 10.1 Å². The maximum Gasteiger partial charge on any atom is 0.275 e. The second kappa shape index (κ2) is 6.80. The Morgan fingerprint density at radius 2 is 2.17 bits per heavy atom. The first kappa shape index (κ1) is 14.2. The molecule has 0 bridgehead atoms. The second-order valence-corrected chi connectivity index (χ2v) is 3.89. The van der Waals surface area contributed by atoms with Crippen LogP contribution >= 0.6 is 0 Å². The quantitative estimate of drug-likeness (QED) is 0.574. The zero-order valence-corrected chi connectivity index (χ0v) is 10.7. The fourth-order valence-corrected chi connectivity index (χ4v) is 1.59. The molecule has 1 aromatic carbocycles. The van der Waals surface area contributed by atoms with Crippen LogP contribution in [0.4, 0.5) is 11.4 Å². The summed E-state index contributed by atoms with van der Waals surface area (Å²) in [4.78, 5) is 10.4. The van der Waals surface area contributed by atoms with Crippen molar-refractivity contribution in [2.24, 2.45) is 5.73 Å². The highest BCUT2D eigenvalue weighted by Crippen LogP contribution is 2.26. The molecule has 0 aliphatic rings. The number of nitro benzene ring substituents is 1. The standard InChI is InChI=1S/C12H19N3O3/c1-3-9(8-13)14-10-5-11(15(16)17)7-12(6-10)18-4-2/h5-7,9,14H,3-4,8,13H2,1-2H3. The van der Waals surface area contributed by atoms with E-state index in [1.807, 2.05) is 13.8 Å². The number of non-ortho nitro benzene ring substituents is 1. The van der Waals surface area contributed by atoms with Crippen LogP contribution in [-0.4, -0.2) is 24.1 Å². The van der Waals surface area contributed by atoms with Gasteiger partial charge in [0, 0.05) is 30.4 Å². The lowest BCUT2D eigenvalue weighted by Crippen LogP contribution is -2.27. The van der Waals surface area contributed by atoms with Gasteiger partial charge in [0.25, 0.3) is 5.69 Å². The number of benzene rings is 1. The minimum absolute atomic E-state index is 0.00956. The predicted molar refractivity (Wildman–Crippen MR) is 71.0 cm³/mol. The molecule has 0 amide bonds. The zero-order valence-electron chi connectivity index (χ0n) is 10.7. The summed E-state index contributed by atoms with van der Waals surface area (Å²) < 4.78 is 5.31. The number of hydrogen-bond donors (Lipinski definition) is 2. The number of rotatable bonds is 7. The normalized spacial score (nSPS) is 11.9. The van der Waals surface area contributed by atoms with E-state index in [2.05, 4.69) is 5.32 Å². The molecule has 0 aliphatic heterocycles. The summed E-state index contributed by atoms with van der Waals surface area (Å²) in [6.07, 6.45) is 0.850. The van der Waals surface area contributed by atoms with Gasteiger partial charge in [-0.2, -0.15) is 0 Å². The van der Waals surface area contributed by atoms with E-state index in [4.69, 9.17) is 10.5 Å². The van der Waals surface area contributed by atoms with Crippen molar-refractivity contribution in [3.05, 3.63) is 28.3 Å². The van der Waals surface area contributed by atoms with E-state index in [0.29, 0.717) is 24.6 Å². The Balaban J connectivity index is 2.98. The van der Waals surface area contributed by atoms with Gasteiger partial charge in [0.05, 0.1) is 17.6 Å². The molecule has 18 heavy (non-hydrogen) atoms. The average molecular weight is 253 g/mol. The predicted octanol–water partition coefficient (Wildman–Crippen LogP) is 2.14. The van der Waals surface area contributed by atoms with Crippen molar-refractivity contribution in [1.82, 2.24) is 0 Å². The molecule has 1 aromatic rings. The van der Waals surface area contributed by atoms with Gasteiger partial charge < -0.3 is 15.8 Å². The number of nitrogens with two attached hydrogens (primary N) is 1. The van der Waals surface area contributed by atoms with E-state index in [1.54, 1.807) is 6.07 Å². The average Bonchev–Trinajstić information content (AvgIpc) is 2.36. The van der Waals surface area contributed by atoms with E-state index in [9.17, 15) is 10.1 Å². The van der Waals surface area contributed by atoms with E-state index < -0.39 is 4.92 Å². The summed E-state index contributed by atoms with van der Waals surface area (Å²) in [6, 6.07) is 4.75. The molecule has 0 spiro atoms. The Bertz CT molecular complexity index is 406. The lowest BCUT2D eigenvalue weighted by Gasteiger charge is -2.16. The monoisotopic (exact) mass is 253 g/mol. The van der Waals surface area contributed by atoms with Crippen molar-refractivity contribution in [2.45, 2.75) is 26.3 Å². The molecular weight excluding hydrogens is 234 g/mol. The first-order valence-electron chi connectivity index (χ1n) is 5.99. The van der Waals surface area contributed by atoms with Crippen LogP contribution in [-0.2, 0) is 0 Å². The highest BCUT2D eigenvalue weighted by Gasteiger charge is 2.12. The van der Waals surface area contributed by atoms with E-state index in [0.717, 1.165) is 6.42 Å². The van der Waals surface area contributed by atoms with Crippen molar-refractivity contribution >= 4 is 11.4 Å². The molecule has 0 saturated heterocycles. The smallest absolute Gasteiger partial charge is 0.275 e. The van der Waals surface area contributed by atoms with Gasteiger partial charge in [-0.25, -0.2) is 0 Å². The van der Waals surface area contributed by atoms with Crippen LogP contribution in [0.1, 0.15) is 20.3 Å². The minimum Gasteiger partial charge on any atom is -0.494 e. The summed E-state index contributed by atoms with van der Waals surface area (Å²) in [6.45, 7) is 4.78. The molecule has 3 N–H and O–H groups in total. The van der Waals surface area contributed by atoms with Gasteiger partial charge in [-0.05, 0) is 13.3 Å². The zero-order chi connectivity index (χ0) is 13.5. The van der Waals surface area contributed by atoms with E-state index in [-0.39, 0.29) is 11.7 Å². The van der Waals surface area contributed by atoms with Crippen molar-refractivity contribution in [1.29, 1.82) is 0 Å². The molecule has 1 rings (SSSR count). The van der Waals surface area contributed by atoms with Gasteiger partial charge in [0.2, 0.25) is 0 Å². The van der Waals surface area contributed by atoms with Crippen LogP contribution in [0.25, 0.3) is 0 Å². The van der Waals surface area contributed by atoms with Gasteiger partial charge in [0.15, 0.2) is 0 Å². The molecule has 0 heterocycles. The van der Waals surface area contributed by atoms with Gasteiger partial charge in [-0.1, -0.05) is 6.92 Å². The molecule has 0 radical (unpaired) electrons. The number of nitrogens with zero attached hydrogens (tertiary/aromatic N) is 1. The van der Waals surface area contributed by atoms with Crippen molar-refractivity contribution < 1.29 is 9.66 Å². The highest BCUT2D eigenvalue weighted by atomic mass is 16.6. The molecule has 0 aromatic heterocycles. The van der Waals surface area contributed by atoms with E-state index in [1.165, 1.54) is 12.1 Å². The molecule has 0 saturated carbocycles. The number of ether oxygens (including phenoxy) is 1. The number of nitro groups is 1. The third-order valence-corrected chi connectivity index (χ3v) is 2.56. The molecule has 1 atom stereocenters. The molecule has 0 fully saturated rings. The SMILES string of the molecule is CCOc1cc(NC(CC)CN)cc([N+](=O)[O-])c1. The topological polar surface area (TPSA) is 90.4 Å². The lowest BCUT2D eigenvalue weighted by molar-refractivity contribution is -0.384. The fraction of sp³-hybridized carbons (Fsp3) is 0.500. The molecule has 0 aliphatic carbocycles. The van der Waals surface area contributed by atoms with Crippen LogP contribution in [0.5, 0.6) is 5.75 Å². The Morgan fingerprint density at radius 3 is 2.67 bits per heavy atom. The Morgan fingerprint density at radius 1 is 1.44 bits per heavy atom. The maximum atomic E-state index is 10.8. The van der Waals surface area contributed by atoms with Crippen molar-refractivity contribution in [3.63, 3.8) is 0 Å². The molecule has 6 heteroatoms. The van der Waals surface area contributed by atoms with Crippen LogP contribution < -0.4 is 15.8 Å².